The third-order valence-electron chi connectivity index (χ3n) is 6.22. The average molecular weight is 473 g/mol. The average Bonchev–Trinajstić information content (AvgIpc) is 3.47. The van der Waals surface area contributed by atoms with E-state index in [2.05, 4.69) is 0 Å². The van der Waals surface area contributed by atoms with Crippen LogP contribution in [0.3, 0.4) is 0 Å². The molecule has 2 heterocycles. The van der Waals surface area contributed by atoms with Crippen LogP contribution >= 0.6 is 0 Å². The third-order valence-corrected chi connectivity index (χ3v) is 6.22. The Balaban J connectivity index is 1.77. The molecule has 0 radical (unpaired) electrons. The number of ether oxygens (including phenoxy) is 3. The second-order valence-corrected chi connectivity index (χ2v) is 8.21. The van der Waals surface area contributed by atoms with Crippen LogP contribution < -0.4 is 14.2 Å². The standard InChI is InChI=1S/C27H23NO7/c1-33-18-9-6-16(7-10-18)20(11-13-24(29)30)28-21-5-3-2-4-19(21)25(26(28)27(31)32)17-8-12-22-23(14-17)35-15-34-22/h2-10,12,14,20H,11,13,15H2,1H3,(H,29,30)(H,31,32). The molecular formula is C27H23NO7. The molecule has 8 nitrogen and oxygen atoms in total. The lowest BCUT2D eigenvalue weighted by molar-refractivity contribution is -0.137. The van der Waals surface area contributed by atoms with Crippen LogP contribution in [0.15, 0.2) is 66.7 Å². The lowest BCUT2D eigenvalue weighted by Crippen LogP contribution is -2.18. The molecule has 0 spiro atoms. The van der Waals surface area contributed by atoms with Gasteiger partial charge < -0.3 is 29.0 Å². The molecule has 4 aromatic rings. The van der Waals surface area contributed by atoms with Gasteiger partial charge in [-0.15, -0.1) is 0 Å². The molecule has 35 heavy (non-hydrogen) atoms. The fourth-order valence-corrected chi connectivity index (χ4v) is 4.67. The monoisotopic (exact) mass is 473 g/mol. The third kappa shape index (κ3) is 4.03. The smallest absolute Gasteiger partial charge is 0.353 e. The molecule has 1 unspecified atom stereocenters. The number of nitrogens with zero attached hydrogens (tertiary/aromatic N) is 1. The van der Waals surface area contributed by atoms with Crippen molar-refractivity contribution in [3.05, 3.63) is 78.0 Å². The Hall–Kier alpha value is -4.46. The second kappa shape index (κ2) is 9.06. The van der Waals surface area contributed by atoms with E-state index in [0.29, 0.717) is 33.9 Å². The van der Waals surface area contributed by atoms with Gasteiger partial charge in [-0.1, -0.05) is 36.4 Å². The number of benzene rings is 3. The van der Waals surface area contributed by atoms with Crippen molar-refractivity contribution < 1.29 is 34.0 Å². The number of carboxylic acid groups (broad SMARTS) is 2. The first-order chi connectivity index (χ1) is 17.0. The number of fused-ring (bicyclic) bond motifs is 2. The number of carboxylic acids is 2. The van der Waals surface area contributed by atoms with Gasteiger partial charge in [0.1, 0.15) is 11.4 Å². The molecule has 3 aromatic carbocycles. The van der Waals surface area contributed by atoms with Crippen LogP contribution in [-0.4, -0.2) is 40.6 Å². The van der Waals surface area contributed by atoms with Crippen LogP contribution in [0, 0.1) is 0 Å². The highest BCUT2D eigenvalue weighted by atomic mass is 16.7. The first-order valence-corrected chi connectivity index (χ1v) is 11.1. The fourth-order valence-electron chi connectivity index (χ4n) is 4.67. The zero-order valence-corrected chi connectivity index (χ0v) is 18.9. The Bertz CT molecular complexity index is 1420. The summed E-state index contributed by atoms with van der Waals surface area (Å²) in [5.41, 5.74) is 2.78. The van der Waals surface area contributed by atoms with E-state index in [9.17, 15) is 19.8 Å². The van der Waals surface area contributed by atoms with Crippen LogP contribution in [-0.2, 0) is 4.79 Å². The van der Waals surface area contributed by atoms with Crippen molar-refractivity contribution in [2.75, 3.05) is 13.9 Å². The second-order valence-electron chi connectivity index (χ2n) is 8.21. The maximum absolute atomic E-state index is 12.8. The summed E-state index contributed by atoms with van der Waals surface area (Å²) in [5.74, 6) is -0.252. The largest absolute Gasteiger partial charge is 0.497 e. The van der Waals surface area contributed by atoms with Crippen molar-refractivity contribution in [1.29, 1.82) is 0 Å². The highest BCUT2D eigenvalue weighted by Gasteiger charge is 2.29. The van der Waals surface area contributed by atoms with Crippen molar-refractivity contribution >= 4 is 22.8 Å². The molecule has 1 atom stereocenters. The lowest BCUT2D eigenvalue weighted by atomic mass is 10.00. The number of carbonyl (C=O) groups is 2. The van der Waals surface area contributed by atoms with Crippen molar-refractivity contribution in [3.63, 3.8) is 0 Å². The number of aromatic nitrogens is 1. The predicted molar refractivity (Wildman–Crippen MR) is 128 cm³/mol. The Morgan fingerprint density at radius 3 is 2.46 bits per heavy atom. The normalized spacial score (nSPS) is 13.1. The Kier molecular flexibility index (Phi) is 5.78. The SMILES string of the molecule is COc1ccc(C(CCC(=O)O)n2c(C(=O)O)c(-c3ccc4c(c3)OCO4)c3ccccc32)cc1. The summed E-state index contributed by atoms with van der Waals surface area (Å²) in [6, 6.07) is 19.5. The van der Waals surface area contributed by atoms with Crippen LogP contribution in [0.25, 0.3) is 22.0 Å². The van der Waals surface area contributed by atoms with E-state index in [1.54, 1.807) is 35.9 Å². The van der Waals surface area contributed by atoms with Crippen molar-refractivity contribution in [2.24, 2.45) is 0 Å². The van der Waals surface area contributed by atoms with Gasteiger partial charge in [-0.05, 0) is 47.9 Å². The first kappa shape index (κ1) is 22.3. The van der Waals surface area contributed by atoms with E-state index < -0.39 is 18.0 Å². The van der Waals surface area contributed by atoms with Crippen molar-refractivity contribution in [1.82, 2.24) is 4.57 Å². The van der Waals surface area contributed by atoms with Gasteiger partial charge in [-0.25, -0.2) is 4.79 Å². The molecule has 0 amide bonds. The molecular weight excluding hydrogens is 450 g/mol. The van der Waals surface area contributed by atoms with Gasteiger partial charge in [0.25, 0.3) is 0 Å². The number of aliphatic carboxylic acids is 1. The van der Waals surface area contributed by atoms with E-state index in [1.807, 2.05) is 42.5 Å². The predicted octanol–water partition coefficient (Wildman–Crippen LogP) is 5.20. The van der Waals surface area contributed by atoms with E-state index in [4.69, 9.17) is 14.2 Å². The van der Waals surface area contributed by atoms with E-state index in [0.717, 1.165) is 10.9 Å². The van der Waals surface area contributed by atoms with Crippen LogP contribution in [0.1, 0.15) is 34.9 Å². The highest BCUT2D eigenvalue weighted by molar-refractivity contribution is 6.08. The van der Waals surface area contributed by atoms with E-state index in [1.165, 1.54) is 0 Å². The minimum Gasteiger partial charge on any atom is -0.497 e. The molecule has 2 N–H and O–H groups in total. The molecule has 1 aromatic heterocycles. The Morgan fingerprint density at radius 1 is 1.00 bits per heavy atom. The van der Waals surface area contributed by atoms with Gasteiger partial charge in [0.2, 0.25) is 6.79 Å². The maximum Gasteiger partial charge on any atom is 0.353 e. The summed E-state index contributed by atoms with van der Waals surface area (Å²) in [6.45, 7) is 0.112. The summed E-state index contributed by atoms with van der Waals surface area (Å²) in [4.78, 5) is 24.3. The zero-order valence-electron chi connectivity index (χ0n) is 18.9. The van der Waals surface area contributed by atoms with Gasteiger partial charge in [-0.3, -0.25) is 4.79 Å². The summed E-state index contributed by atoms with van der Waals surface area (Å²) < 4.78 is 18.0. The molecule has 0 saturated heterocycles. The number of hydrogen-bond acceptors (Lipinski definition) is 5. The molecule has 5 rings (SSSR count). The van der Waals surface area contributed by atoms with Gasteiger partial charge in [0, 0.05) is 22.9 Å². The number of para-hydroxylation sites is 1. The van der Waals surface area contributed by atoms with Crippen LogP contribution in [0.5, 0.6) is 17.2 Å². The van der Waals surface area contributed by atoms with Gasteiger partial charge in [0.15, 0.2) is 11.5 Å². The zero-order chi connectivity index (χ0) is 24.5. The number of rotatable bonds is 8. The minimum absolute atomic E-state index is 0.0799. The first-order valence-electron chi connectivity index (χ1n) is 11.1. The van der Waals surface area contributed by atoms with Crippen molar-refractivity contribution in [2.45, 2.75) is 18.9 Å². The Labute approximate surface area is 200 Å². The van der Waals surface area contributed by atoms with Gasteiger partial charge in [0.05, 0.1) is 13.2 Å². The number of aromatic carboxylic acids is 1. The minimum atomic E-state index is -1.11. The summed E-state index contributed by atoms with van der Waals surface area (Å²) in [5, 5.41) is 20.6. The maximum atomic E-state index is 12.8. The topological polar surface area (TPSA) is 107 Å². The number of hydrogen-bond donors (Lipinski definition) is 2. The number of methoxy groups -OCH3 is 1. The highest BCUT2D eigenvalue weighted by Crippen LogP contribution is 2.43. The molecule has 0 fully saturated rings. The van der Waals surface area contributed by atoms with Crippen LogP contribution in [0.2, 0.25) is 0 Å². The molecule has 178 valence electrons. The molecule has 0 aliphatic carbocycles. The summed E-state index contributed by atoms with van der Waals surface area (Å²) in [6.07, 6.45) is 0.0861. The molecule has 0 bridgehead atoms. The molecule has 1 aliphatic heterocycles. The molecule has 8 heteroatoms. The molecule has 1 aliphatic rings. The fraction of sp³-hybridized carbons (Fsp3) is 0.185. The quantitative estimate of drug-likeness (QED) is 0.362. The van der Waals surface area contributed by atoms with Crippen LogP contribution in [0.4, 0.5) is 0 Å². The lowest BCUT2D eigenvalue weighted by Gasteiger charge is -2.22. The summed E-state index contributed by atoms with van der Waals surface area (Å²) >= 11 is 0. The van der Waals surface area contributed by atoms with E-state index >= 15 is 0 Å². The Morgan fingerprint density at radius 2 is 1.74 bits per heavy atom. The summed E-state index contributed by atoms with van der Waals surface area (Å²) in [7, 11) is 1.57. The van der Waals surface area contributed by atoms with E-state index in [-0.39, 0.29) is 25.3 Å². The van der Waals surface area contributed by atoms with Crippen molar-refractivity contribution in [3.8, 4) is 28.4 Å². The van der Waals surface area contributed by atoms with Gasteiger partial charge in [-0.2, -0.15) is 0 Å². The van der Waals surface area contributed by atoms with Gasteiger partial charge >= 0.3 is 11.9 Å². The molecule has 0 saturated carbocycles.